The predicted octanol–water partition coefficient (Wildman–Crippen LogP) is 2.34. The maximum atomic E-state index is 13.0. The van der Waals surface area contributed by atoms with Crippen molar-refractivity contribution < 1.29 is 14.1 Å². The molecule has 0 aromatic carbocycles. The van der Waals surface area contributed by atoms with Gasteiger partial charge in [-0.3, -0.25) is 14.2 Å². The highest BCUT2D eigenvalue weighted by molar-refractivity contribution is 6.11. The first-order valence-electron chi connectivity index (χ1n) is 10.5. The maximum absolute atomic E-state index is 13.0. The molecule has 0 aliphatic heterocycles. The molecule has 0 saturated heterocycles. The number of ether oxygens (including phenoxy) is 1. The van der Waals surface area contributed by atoms with E-state index in [2.05, 4.69) is 35.7 Å². The topological polar surface area (TPSA) is 149 Å². The van der Waals surface area contributed by atoms with Crippen LogP contribution in [0.2, 0.25) is 0 Å². The lowest BCUT2D eigenvalue weighted by atomic mass is 9.93. The van der Waals surface area contributed by atoms with Crippen molar-refractivity contribution in [1.82, 2.24) is 24.7 Å². The highest BCUT2D eigenvalue weighted by Gasteiger charge is 2.29. The highest BCUT2D eigenvalue weighted by Crippen LogP contribution is 2.29. The fraction of sp³-hybridized carbons (Fsp3) is 0.227. The molecule has 1 atom stereocenters. The predicted molar refractivity (Wildman–Crippen MR) is 124 cm³/mol. The van der Waals surface area contributed by atoms with E-state index in [9.17, 15) is 9.59 Å². The van der Waals surface area contributed by atoms with E-state index in [0.29, 0.717) is 29.2 Å². The molecule has 1 saturated carbocycles. The summed E-state index contributed by atoms with van der Waals surface area (Å²) >= 11 is 0. The lowest BCUT2D eigenvalue weighted by Crippen LogP contribution is -2.34. The largest absolute Gasteiger partial charge is 0.386 e. The van der Waals surface area contributed by atoms with Crippen molar-refractivity contribution in [2.75, 3.05) is 24.8 Å². The van der Waals surface area contributed by atoms with Crippen LogP contribution in [0.3, 0.4) is 0 Å². The van der Waals surface area contributed by atoms with Gasteiger partial charge >= 0.3 is 5.91 Å². The van der Waals surface area contributed by atoms with Crippen LogP contribution in [0.15, 0.2) is 57.2 Å². The van der Waals surface area contributed by atoms with E-state index >= 15 is 0 Å². The average molecular weight is 460 g/mol. The number of aliphatic imine (C=N–C) groups is 1. The molecule has 4 aromatic heterocycles. The smallest absolute Gasteiger partial charge is 0.317 e. The summed E-state index contributed by atoms with van der Waals surface area (Å²) < 4.78 is 11.9. The summed E-state index contributed by atoms with van der Waals surface area (Å²) in [4.78, 5) is 42.7. The van der Waals surface area contributed by atoms with Crippen LogP contribution >= 0.6 is 0 Å². The van der Waals surface area contributed by atoms with Crippen molar-refractivity contribution in [2.45, 2.75) is 18.9 Å². The zero-order valence-corrected chi connectivity index (χ0v) is 18.3. The van der Waals surface area contributed by atoms with Gasteiger partial charge in [-0.05, 0) is 25.0 Å². The van der Waals surface area contributed by atoms with E-state index in [1.807, 2.05) is 0 Å². The Balaban J connectivity index is 1.52. The summed E-state index contributed by atoms with van der Waals surface area (Å²) in [6, 6.07) is 6.89. The third kappa shape index (κ3) is 3.79. The van der Waals surface area contributed by atoms with Crippen molar-refractivity contribution in [3.05, 3.63) is 59.0 Å². The number of methoxy groups -OCH3 is 1. The molecule has 4 heterocycles. The molecule has 0 radical (unpaired) electrons. The summed E-state index contributed by atoms with van der Waals surface area (Å²) in [5.74, 6) is 0.0545. The molecule has 1 aliphatic carbocycles. The number of carbonyl (C=O) groups excluding carboxylic acids is 1. The molecule has 12 heteroatoms. The number of amides is 1. The van der Waals surface area contributed by atoms with E-state index in [-0.39, 0.29) is 29.0 Å². The Morgan fingerprint density at radius 2 is 2.15 bits per heavy atom. The third-order valence-electron chi connectivity index (χ3n) is 5.45. The Hall–Kier alpha value is -4.45. The number of hydrogen-bond acceptors (Lipinski definition) is 10. The summed E-state index contributed by atoms with van der Waals surface area (Å²) in [6.45, 7) is 0. The minimum Gasteiger partial charge on any atom is -0.386 e. The number of aromatic nitrogens is 5. The van der Waals surface area contributed by atoms with Gasteiger partial charge in [-0.15, -0.1) is 0 Å². The van der Waals surface area contributed by atoms with Crippen LogP contribution in [0.5, 0.6) is 0 Å². The van der Waals surface area contributed by atoms with Crippen LogP contribution < -0.4 is 16.2 Å². The van der Waals surface area contributed by atoms with Gasteiger partial charge in [0.2, 0.25) is 0 Å². The third-order valence-corrected chi connectivity index (χ3v) is 5.45. The van der Waals surface area contributed by atoms with E-state index in [1.165, 1.54) is 17.0 Å². The Morgan fingerprint density at radius 1 is 1.26 bits per heavy atom. The fourth-order valence-corrected chi connectivity index (χ4v) is 3.57. The van der Waals surface area contributed by atoms with Gasteiger partial charge in [-0.25, -0.2) is 19.9 Å². The van der Waals surface area contributed by atoms with Gasteiger partial charge in [-0.1, -0.05) is 11.2 Å². The van der Waals surface area contributed by atoms with Gasteiger partial charge in [0, 0.05) is 38.8 Å². The first-order chi connectivity index (χ1) is 16.6. The number of nitrogens with zero attached hydrogens (tertiary/aromatic N) is 6. The molecule has 2 N–H and O–H groups in total. The summed E-state index contributed by atoms with van der Waals surface area (Å²) in [7, 11) is 3.27. The fourth-order valence-electron chi connectivity index (χ4n) is 3.57. The molecule has 0 unspecified atom stereocenters. The van der Waals surface area contributed by atoms with Gasteiger partial charge in [-0.2, -0.15) is 0 Å². The van der Waals surface area contributed by atoms with Crippen molar-refractivity contribution >= 4 is 40.0 Å². The number of rotatable bonds is 6. The van der Waals surface area contributed by atoms with Gasteiger partial charge in [0.15, 0.2) is 11.3 Å². The highest BCUT2D eigenvalue weighted by atomic mass is 16.5. The van der Waals surface area contributed by atoms with Crippen molar-refractivity contribution in [3.8, 4) is 5.82 Å². The van der Waals surface area contributed by atoms with Gasteiger partial charge in [0.25, 0.3) is 11.3 Å². The Kier molecular flexibility index (Phi) is 5.55. The van der Waals surface area contributed by atoms with E-state index in [1.54, 1.807) is 44.6 Å². The molecule has 4 aromatic rings. The van der Waals surface area contributed by atoms with E-state index in [4.69, 9.17) is 9.26 Å². The second kappa shape index (κ2) is 8.83. The van der Waals surface area contributed by atoms with Crippen LogP contribution in [0.4, 0.5) is 17.3 Å². The number of anilines is 3. The minimum atomic E-state index is -0.596. The van der Waals surface area contributed by atoms with Crippen molar-refractivity contribution in [2.24, 2.45) is 4.99 Å². The van der Waals surface area contributed by atoms with Gasteiger partial charge in [0.1, 0.15) is 17.2 Å². The molecular formula is C22H20N8O4. The first kappa shape index (κ1) is 21.4. The number of nitrogens with one attached hydrogen (secondary N) is 2. The van der Waals surface area contributed by atoms with Gasteiger partial charge in [0.05, 0.1) is 17.5 Å². The number of pyridine rings is 2. The van der Waals surface area contributed by atoms with Crippen LogP contribution in [0.1, 0.15) is 23.4 Å². The molecule has 34 heavy (non-hydrogen) atoms. The number of fused-ring (bicyclic) bond motifs is 1. The Morgan fingerprint density at radius 3 is 2.85 bits per heavy atom. The second-order valence-electron chi connectivity index (χ2n) is 7.45. The van der Waals surface area contributed by atoms with E-state index in [0.717, 1.165) is 6.42 Å². The number of carbonyl (C=O) groups is 1. The Bertz CT molecular complexity index is 1460. The van der Waals surface area contributed by atoms with Crippen LogP contribution in [0, 0.1) is 0 Å². The van der Waals surface area contributed by atoms with E-state index < -0.39 is 11.5 Å². The molecule has 0 spiro atoms. The summed E-state index contributed by atoms with van der Waals surface area (Å²) in [5, 5.41) is 9.90. The molecular weight excluding hydrogens is 440 g/mol. The zero-order valence-electron chi connectivity index (χ0n) is 18.3. The maximum Gasteiger partial charge on any atom is 0.317 e. The molecule has 5 rings (SSSR count). The molecule has 1 fully saturated rings. The normalized spacial score (nSPS) is 16.4. The lowest BCUT2D eigenvalue weighted by molar-refractivity contribution is 0.0955. The monoisotopic (exact) mass is 460 g/mol. The molecule has 1 aliphatic rings. The van der Waals surface area contributed by atoms with Crippen molar-refractivity contribution in [3.63, 3.8) is 0 Å². The quantitative estimate of drug-likeness (QED) is 0.439. The second-order valence-corrected chi connectivity index (χ2v) is 7.45. The minimum absolute atomic E-state index is 0.0315. The Labute approximate surface area is 192 Å². The summed E-state index contributed by atoms with van der Waals surface area (Å²) in [6.07, 6.45) is 5.93. The van der Waals surface area contributed by atoms with Crippen LogP contribution in [-0.2, 0) is 4.74 Å². The SMILES string of the molecule is CNc1cc(Nc2nccn(-c3ccccn3)c2=O)nc2c(C(=O)N=C3CC[C@H]3OC)onc12. The van der Waals surface area contributed by atoms with Crippen LogP contribution in [-0.4, -0.2) is 56.6 Å². The molecule has 0 bridgehead atoms. The average Bonchev–Trinajstić information content (AvgIpc) is 3.27. The van der Waals surface area contributed by atoms with Gasteiger partial charge < -0.3 is 19.9 Å². The molecule has 172 valence electrons. The van der Waals surface area contributed by atoms with Crippen LogP contribution in [0.25, 0.3) is 16.9 Å². The lowest BCUT2D eigenvalue weighted by Gasteiger charge is -2.26. The molecule has 1 amide bonds. The number of hydrogen-bond donors (Lipinski definition) is 2. The summed E-state index contributed by atoms with van der Waals surface area (Å²) in [5.41, 5.74) is 1.35. The zero-order chi connectivity index (χ0) is 23.7. The standard InChI is InChI=1S/C22H20N8O4/c1-23-13-11-15(28-20-22(32)30(10-9-25-20)16-5-3-4-8-24-16)27-18-17(13)29-34-19(18)21(31)26-12-6-7-14(12)33-2/h3-5,8-11,14,23H,6-7H2,1-2H3,(H,25,27,28)/t14-/m1/s1. The first-order valence-corrected chi connectivity index (χ1v) is 10.5. The molecule has 12 nitrogen and oxygen atoms in total. The van der Waals surface area contributed by atoms with Crippen molar-refractivity contribution in [1.29, 1.82) is 0 Å².